The lowest BCUT2D eigenvalue weighted by molar-refractivity contribution is 0.0697. The molecule has 0 aliphatic rings. The Morgan fingerprint density at radius 2 is 1.77 bits per heavy atom. The summed E-state index contributed by atoms with van der Waals surface area (Å²) in [5.41, 5.74) is -0.0950. The number of aromatic nitrogens is 5. The van der Waals surface area contributed by atoms with Crippen molar-refractivity contribution in [2.45, 2.75) is 11.0 Å². The van der Waals surface area contributed by atoms with Gasteiger partial charge in [-0.2, -0.15) is 4.68 Å². The van der Waals surface area contributed by atoms with Crippen molar-refractivity contribution in [2.24, 2.45) is 0 Å². The van der Waals surface area contributed by atoms with Crippen LogP contribution in [0.2, 0.25) is 5.02 Å². The zero-order valence-electron chi connectivity index (χ0n) is 17.6. The van der Waals surface area contributed by atoms with Crippen LogP contribution in [0.1, 0.15) is 10.4 Å². The van der Waals surface area contributed by atoms with E-state index in [0.29, 0.717) is 10.9 Å². The summed E-state index contributed by atoms with van der Waals surface area (Å²) in [4.78, 5) is 42.1. The molecule has 0 aliphatic heterocycles. The molecule has 0 spiro atoms. The van der Waals surface area contributed by atoms with Crippen LogP contribution in [-0.4, -0.2) is 35.6 Å². The molecule has 2 heterocycles. The molecule has 5 rings (SSSR count). The van der Waals surface area contributed by atoms with Crippen molar-refractivity contribution in [1.29, 1.82) is 0 Å². The van der Waals surface area contributed by atoms with Crippen LogP contribution in [0.5, 0.6) is 0 Å². The molecule has 0 amide bonds. The smallest absolute Gasteiger partial charge is 0.335 e. The second-order valence-electron chi connectivity index (χ2n) is 7.36. The van der Waals surface area contributed by atoms with Crippen molar-refractivity contribution in [3.8, 4) is 5.69 Å². The van der Waals surface area contributed by atoms with E-state index in [1.165, 1.54) is 34.9 Å². The van der Waals surface area contributed by atoms with Crippen molar-refractivity contribution >= 4 is 51.1 Å². The van der Waals surface area contributed by atoms with E-state index in [9.17, 15) is 23.9 Å². The summed E-state index contributed by atoms with van der Waals surface area (Å²) in [5.74, 6) is -1.88. The van der Waals surface area contributed by atoms with Crippen molar-refractivity contribution in [2.75, 3.05) is 0 Å². The number of carbonyl (C=O) groups is 1. The number of thioether (sulfide) groups is 1. The average molecular weight is 510 g/mol. The fraction of sp³-hybridized carbons (Fsp3) is 0.0435. The van der Waals surface area contributed by atoms with Crippen LogP contribution in [0.3, 0.4) is 0 Å². The minimum Gasteiger partial charge on any atom is -0.478 e. The average Bonchev–Trinajstić information content (AvgIpc) is 2.85. The summed E-state index contributed by atoms with van der Waals surface area (Å²) in [7, 11) is 0. The number of fused-ring (bicyclic) bond motifs is 2. The van der Waals surface area contributed by atoms with Crippen molar-refractivity contribution in [3.63, 3.8) is 0 Å². The minimum atomic E-state index is -1.17. The number of aromatic carboxylic acids is 1. The first-order chi connectivity index (χ1) is 16.8. The lowest BCUT2D eigenvalue weighted by atomic mass is 10.1. The fourth-order valence-corrected chi connectivity index (χ4v) is 4.54. The molecule has 12 heteroatoms. The Balaban J connectivity index is 1.66. The molecule has 9 nitrogen and oxygen atoms in total. The molecule has 1 N–H and O–H groups in total. The van der Waals surface area contributed by atoms with Gasteiger partial charge in [0.2, 0.25) is 0 Å². The highest BCUT2D eigenvalue weighted by molar-refractivity contribution is 7.98. The van der Waals surface area contributed by atoms with Gasteiger partial charge in [-0.3, -0.25) is 14.2 Å². The van der Waals surface area contributed by atoms with Crippen LogP contribution in [0.15, 0.2) is 75.4 Å². The number of benzene rings is 3. The van der Waals surface area contributed by atoms with Gasteiger partial charge < -0.3 is 5.11 Å². The standard InChI is InChI=1S/C23H13ClFN5O4S/c24-16-10-13(6-8-17(16)25)30-21(32)15-7-5-12(22(33)34)9-19(15)26-23(30)35-11-29-20(31)14-3-1-2-4-18(14)27-28-29/h1-10H,11H2,(H,33,34). The molecule has 0 radical (unpaired) electrons. The van der Waals surface area contributed by atoms with Gasteiger partial charge in [-0.1, -0.05) is 40.7 Å². The monoisotopic (exact) mass is 509 g/mol. The van der Waals surface area contributed by atoms with E-state index in [1.807, 2.05) is 0 Å². The second-order valence-corrected chi connectivity index (χ2v) is 8.67. The molecule has 0 aliphatic carbocycles. The largest absolute Gasteiger partial charge is 0.478 e. The lowest BCUT2D eigenvalue weighted by Crippen LogP contribution is -2.25. The van der Waals surface area contributed by atoms with Crippen LogP contribution in [0.4, 0.5) is 4.39 Å². The first-order valence-electron chi connectivity index (χ1n) is 10.0. The van der Waals surface area contributed by atoms with E-state index in [0.717, 1.165) is 22.5 Å². The van der Waals surface area contributed by atoms with Gasteiger partial charge in [0.1, 0.15) is 11.3 Å². The molecule has 0 saturated carbocycles. The van der Waals surface area contributed by atoms with Crippen LogP contribution in [-0.2, 0) is 5.88 Å². The van der Waals surface area contributed by atoms with Crippen molar-refractivity contribution in [1.82, 2.24) is 24.5 Å². The molecular weight excluding hydrogens is 497 g/mol. The van der Waals surface area contributed by atoms with E-state index in [4.69, 9.17) is 11.6 Å². The van der Waals surface area contributed by atoms with E-state index in [2.05, 4.69) is 15.3 Å². The molecular formula is C23H13ClFN5O4S. The van der Waals surface area contributed by atoms with Crippen molar-refractivity contribution < 1.29 is 14.3 Å². The summed E-state index contributed by atoms with van der Waals surface area (Å²) in [6.07, 6.45) is 0. The summed E-state index contributed by atoms with van der Waals surface area (Å²) in [6.45, 7) is 0. The van der Waals surface area contributed by atoms with Gasteiger partial charge in [-0.15, -0.1) is 5.10 Å². The predicted molar refractivity (Wildman–Crippen MR) is 129 cm³/mol. The molecule has 174 valence electrons. The highest BCUT2D eigenvalue weighted by Gasteiger charge is 2.17. The Morgan fingerprint density at radius 1 is 1.00 bits per heavy atom. The van der Waals surface area contributed by atoms with Crippen LogP contribution >= 0.6 is 23.4 Å². The van der Waals surface area contributed by atoms with Gasteiger partial charge in [0, 0.05) is 0 Å². The number of hydrogen-bond donors (Lipinski definition) is 1. The summed E-state index contributed by atoms with van der Waals surface area (Å²) < 4.78 is 16.1. The van der Waals surface area contributed by atoms with E-state index >= 15 is 0 Å². The van der Waals surface area contributed by atoms with Crippen LogP contribution in [0.25, 0.3) is 27.5 Å². The first-order valence-corrected chi connectivity index (χ1v) is 11.4. The number of nitrogens with zero attached hydrogens (tertiary/aromatic N) is 5. The predicted octanol–water partition coefficient (Wildman–Crippen LogP) is 3.73. The molecule has 3 aromatic carbocycles. The van der Waals surface area contributed by atoms with E-state index in [-0.39, 0.29) is 43.8 Å². The number of carboxylic acids is 1. The minimum absolute atomic E-state index is 0.0421. The third-order valence-electron chi connectivity index (χ3n) is 5.19. The summed E-state index contributed by atoms with van der Waals surface area (Å²) in [5, 5.41) is 17.8. The van der Waals surface area contributed by atoms with Gasteiger partial charge in [-0.25, -0.2) is 14.2 Å². The molecule has 0 saturated heterocycles. The molecule has 0 unspecified atom stereocenters. The van der Waals surface area contributed by atoms with Crippen LogP contribution < -0.4 is 11.1 Å². The third-order valence-corrected chi connectivity index (χ3v) is 6.39. The normalized spacial score (nSPS) is 11.3. The maximum Gasteiger partial charge on any atom is 0.335 e. The molecule has 0 fully saturated rings. The maximum atomic E-state index is 13.8. The quantitative estimate of drug-likeness (QED) is 0.281. The summed E-state index contributed by atoms with van der Waals surface area (Å²) >= 11 is 6.94. The van der Waals surface area contributed by atoms with Crippen LogP contribution in [0, 0.1) is 5.82 Å². The third kappa shape index (κ3) is 4.15. The maximum absolute atomic E-state index is 13.8. The van der Waals surface area contributed by atoms with E-state index < -0.39 is 17.3 Å². The lowest BCUT2D eigenvalue weighted by Gasteiger charge is -2.14. The molecule has 0 atom stereocenters. The Labute approximate surface area is 204 Å². The Morgan fingerprint density at radius 3 is 2.54 bits per heavy atom. The number of rotatable bonds is 5. The highest BCUT2D eigenvalue weighted by Crippen LogP contribution is 2.25. The van der Waals surface area contributed by atoms with Gasteiger partial charge in [0.05, 0.1) is 38.4 Å². The molecule has 2 aromatic heterocycles. The highest BCUT2D eigenvalue weighted by atomic mass is 35.5. The Hall–Kier alpha value is -4.09. The SMILES string of the molecule is O=C(O)c1ccc2c(=O)n(-c3ccc(F)c(Cl)c3)c(SCn3nnc4ccccc4c3=O)nc2c1. The Bertz CT molecular complexity index is 1770. The molecule has 0 bridgehead atoms. The Kier molecular flexibility index (Phi) is 5.79. The second kappa shape index (κ2) is 8.93. The molecule has 5 aromatic rings. The summed E-state index contributed by atoms with van der Waals surface area (Å²) in [6, 6.07) is 14.5. The zero-order valence-corrected chi connectivity index (χ0v) is 19.1. The number of hydrogen-bond acceptors (Lipinski definition) is 7. The van der Waals surface area contributed by atoms with Gasteiger partial charge in [-0.05, 0) is 48.5 Å². The topological polar surface area (TPSA) is 120 Å². The van der Waals surface area contributed by atoms with Crippen molar-refractivity contribution in [3.05, 3.63) is 97.8 Å². The molecule has 35 heavy (non-hydrogen) atoms. The first kappa shape index (κ1) is 22.7. The fourth-order valence-electron chi connectivity index (χ4n) is 3.47. The van der Waals surface area contributed by atoms with Gasteiger partial charge in [0.25, 0.3) is 11.1 Å². The number of halogens is 2. The van der Waals surface area contributed by atoms with Gasteiger partial charge in [0.15, 0.2) is 5.16 Å². The van der Waals surface area contributed by atoms with Gasteiger partial charge >= 0.3 is 5.97 Å². The van der Waals surface area contributed by atoms with E-state index in [1.54, 1.807) is 24.3 Å². The zero-order chi connectivity index (χ0) is 24.7. The number of carboxylic acid groups (broad SMARTS) is 1.